The third-order valence-electron chi connectivity index (χ3n) is 2.41. The first-order chi connectivity index (χ1) is 7.45. The summed E-state index contributed by atoms with van der Waals surface area (Å²) < 4.78 is 2.64. The summed E-state index contributed by atoms with van der Waals surface area (Å²) in [6, 6.07) is 8.48. The fourth-order valence-corrected chi connectivity index (χ4v) is 2.83. The Labute approximate surface area is 91.4 Å². The molecule has 0 saturated carbocycles. The lowest BCUT2D eigenvalue weighted by atomic mass is 10.2. The van der Waals surface area contributed by atoms with E-state index in [1.807, 2.05) is 29.8 Å². The Kier molecular flexibility index (Phi) is 2.00. The van der Waals surface area contributed by atoms with Crippen molar-refractivity contribution in [1.82, 2.24) is 0 Å². The highest BCUT2D eigenvalue weighted by Gasteiger charge is 1.98. The summed E-state index contributed by atoms with van der Waals surface area (Å²) in [5, 5.41) is 2.60. The minimum Gasteiger partial charge on any atom is -0.265 e. The van der Waals surface area contributed by atoms with Gasteiger partial charge in [-0.05, 0) is 24.3 Å². The molecule has 1 aliphatic rings. The Balaban J connectivity index is 2.56. The topological polar surface area (TPSA) is 12.4 Å². The van der Waals surface area contributed by atoms with Crippen LogP contribution in [-0.2, 0) is 0 Å². The van der Waals surface area contributed by atoms with Crippen molar-refractivity contribution in [2.24, 2.45) is 4.99 Å². The molecule has 2 aromatic rings. The molecule has 0 spiro atoms. The van der Waals surface area contributed by atoms with E-state index in [4.69, 9.17) is 0 Å². The number of allylic oxidation sites excluding steroid dienone is 1. The van der Waals surface area contributed by atoms with Crippen molar-refractivity contribution >= 4 is 39.8 Å². The molecule has 72 valence electrons. The van der Waals surface area contributed by atoms with Crippen LogP contribution in [0.4, 0.5) is 0 Å². The summed E-state index contributed by atoms with van der Waals surface area (Å²) in [5.41, 5.74) is 0. The summed E-state index contributed by atoms with van der Waals surface area (Å²) in [5.74, 6) is 0. The van der Waals surface area contributed by atoms with Crippen LogP contribution in [0.5, 0.6) is 0 Å². The van der Waals surface area contributed by atoms with Gasteiger partial charge in [-0.15, -0.1) is 11.3 Å². The van der Waals surface area contributed by atoms with Gasteiger partial charge in [0, 0.05) is 32.3 Å². The third kappa shape index (κ3) is 1.43. The van der Waals surface area contributed by atoms with E-state index >= 15 is 0 Å². The van der Waals surface area contributed by atoms with E-state index in [1.54, 1.807) is 0 Å². The lowest BCUT2D eigenvalue weighted by Gasteiger charge is -1.86. The molecule has 0 unspecified atom stereocenters. The van der Waals surface area contributed by atoms with Gasteiger partial charge < -0.3 is 0 Å². The van der Waals surface area contributed by atoms with Crippen molar-refractivity contribution in [3.05, 3.63) is 46.3 Å². The smallest absolute Gasteiger partial charge is 0.0356 e. The average molecular weight is 211 g/mol. The predicted molar refractivity (Wildman–Crippen MR) is 67.6 cm³/mol. The molecule has 0 aliphatic carbocycles. The normalized spacial score (nSPS) is 22.7. The van der Waals surface area contributed by atoms with Crippen LogP contribution < -0.4 is 9.75 Å². The Bertz CT molecular complexity index is 674. The number of benzene rings is 1. The van der Waals surface area contributed by atoms with Crippen LogP contribution in [0.25, 0.3) is 22.2 Å². The van der Waals surface area contributed by atoms with Gasteiger partial charge in [-0.3, -0.25) is 4.99 Å². The molecule has 2 heteroatoms. The predicted octanol–water partition coefficient (Wildman–Crippen LogP) is 2.06. The average Bonchev–Trinajstić information content (AvgIpc) is 2.55. The van der Waals surface area contributed by atoms with Gasteiger partial charge in [-0.25, -0.2) is 0 Å². The number of hydrogen-bond acceptors (Lipinski definition) is 2. The zero-order valence-corrected chi connectivity index (χ0v) is 8.87. The second-order valence-electron chi connectivity index (χ2n) is 3.35. The van der Waals surface area contributed by atoms with Crippen molar-refractivity contribution in [2.75, 3.05) is 0 Å². The second kappa shape index (κ2) is 3.48. The van der Waals surface area contributed by atoms with Gasteiger partial charge >= 0.3 is 0 Å². The molecule has 0 radical (unpaired) electrons. The SMILES string of the molecule is C1=c2\c(sc3ccccc23)=C/C=C/N=C/1. The van der Waals surface area contributed by atoms with E-state index in [9.17, 15) is 0 Å². The van der Waals surface area contributed by atoms with Crippen LogP contribution in [0, 0.1) is 0 Å². The lowest BCUT2D eigenvalue weighted by Crippen LogP contribution is -2.18. The largest absolute Gasteiger partial charge is 0.265 e. The van der Waals surface area contributed by atoms with Crippen LogP contribution in [-0.4, -0.2) is 6.21 Å². The molecular weight excluding hydrogens is 202 g/mol. The zero-order valence-electron chi connectivity index (χ0n) is 8.05. The van der Waals surface area contributed by atoms with E-state index in [2.05, 4.69) is 41.4 Å². The number of aliphatic imine (C=N–C) groups is 1. The molecule has 1 aromatic carbocycles. The maximum atomic E-state index is 4.13. The van der Waals surface area contributed by atoms with Gasteiger partial charge in [-0.2, -0.15) is 0 Å². The van der Waals surface area contributed by atoms with E-state index in [1.165, 1.54) is 19.8 Å². The van der Waals surface area contributed by atoms with Gasteiger partial charge in [0.1, 0.15) is 0 Å². The maximum absolute atomic E-state index is 4.13. The Morgan fingerprint density at radius 1 is 1.07 bits per heavy atom. The molecule has 0 bridgehead atoms. The minimum absolute atomic E-state index is 1.28. The first-order valence-corrected chi connectivity index (χ1v) is 5.65. The summed E-state index contributed by atoms with van der Waals surface area (Å²) >= 11 is 1.82. The van der Waals surface area contributed by atoms with E-state index in [-0.39, 0.29) is 0 Å². The highest BCUT2D eigenvalue weighted by Crippen LogP contribution is 2.12. The Morgan fingerprint density at radius 3 is 3.00 bits per heavy atom. The maximum Gasteiger partial charge on any atom is 0.0356 e. The molecule has 0 N–H and O–H groups in total. The van der Waals surface area contributed by atoms with E-state index in [0.717, 1.165) is 0 Å². The van der Waals surface area contributed by atoms with Gasteiger partial charge in [0.05, 0.1) is 0 Å². The number of hydrogen-bond donors (Lipinski definition) is 0. The monoisotopic (exact) mass is 211 g/mol. The number of fused-ring (bicyclic) bond motifs is 3. The van der Waals surface area contributed by atoms with Crippen molar-refractivity contribution < 1.29 is 0 Å². The molecule has 1 aliphatic heterocycles. The molecule has 2 heterocycles. The van der Waals surface area contributed by atoms with Crippen molar-refractivity contribution in [2.45, 2.75) is 0 Å². The fraction of sp³-hybridized carbons (Fsp3) is 0. The van der Waals surface area contributed by atoms with Crippen molar-refractivity contribution in [3.8, 4) is 0 Å². The molecule has 0 saturated heterocycles. The van der Waals surface area contributed by atoms with Crippen LogP contribution in [0.3, 0.4) is 0 Å². The molecule has 0 fully saturated rings. The first kappa shape index (κ1) is 8.62. The van der Waals surface area contributed by atoms with Crippen LogP contribution in [0.15, 0.2) is 41.5 Å². The molecule has 0 amide bonds. The number of thiophene rings is 1. The highest BCUT2D eigenvalue weighted by molar-refractivity contribution is 7.17. The van der Waals surface area contributed by atoms with Gasteiger partial charge in [-0.1, -0.05) is 18.2 Å². The third-order valence-corrected chi connectivity index (χ3v) is 3.56. The highest BCUT2D eigenvalue weighted by atomic mass is 32.1. The molecule has 1 aromatic heterocycles. The van der Waals surface area contributed by atoms with Gasteiger partial charge in [0.25, 0.3) is 0 Å². The van der Waals surface area contributed by atoms with E-state index in [0.29, 0.717) is 0 Å². The summed E-state index contributed by atoms with van der Waals surface area (Å²) in [7, 11) is 0. The second-order valence-corrected chi connectivity index (χ2v) is 4.43. The molecule has 15 heavy (non-hydrogen) atoms. The van der Waals surface area contributed by atoms with Crippen LogP contribution >= 0.6 is 11.3 Å². The number of rotatable bonds is 0. The molecule has 0 atom stereocenters. The summed E-state index contributed by atoms with van der Waals surface area (Å²) in [6.07, 6.45) is 9.84. The summed E-state index contributed by atoms with van der Waals surface area (Å²) in [6.45, 7) is 0. The van der Waals surface area contributed by atoms with E-state index < -0.39 is 0 Å². The minimum atomic E-state index is 1.28. The molecule has 3 rings (SSSR count). The van der Waals surface area contributed by atoms with Crippen molar-refractivity contribution in [3.63, 3.8) is 0 Å². The standard InChI is InChI=1S/C13H9NS/c1-2-5-12-10(4-1)11-7-9-14-8-3-6-13(11)15-12/h1-9H/b6-3?,8-3+,9-7?,11-7-,13-6+,14-8?,14-9+. The fourth-order valence-electron chi connectivity index (χ4n) is 1.73. The van der Waals surface area contributed by atoms with Gasteiger partial charge in [0.2, 0.25) is 0 Å². The Morgan fingerprint density at radius 2 is 2.00 bits per heavy atom. The number of nitrogens with zero attached hydrogens (tertiary/aromatic N) is 1. The first-order valence-electron chi connectivity index (χ1n) is 4.83. The van der Waals surface area contributed by atoms with Gasteiger partial charge in [0.15, 0.2) is 0 Å². The Hall–Kier alpha value is -1.67. The van der Waals surface area contributed by atoms with Crippen LogP contribution in [0.1, 0.15) is 0 Å². The molecular formula is C13H9NS. The zero-order chi connectivity index (χ0) is 10.1. The van der Waals surface area contributed by atoms with Crippen LogP contribution in [0.2, 0.25) is 0 Å². The summed E-state index contributed by atoms with van der Waals surface area (Å²) in [4.78, 5) is 4.13. The quantitative estimate of drug-likeness (QED) is 0.632. The van der Waals surface area contributed by atoms with Crippen molar-refractivity contribution in [1.29, 1.82) is 0 Å². The molecule has 1 nitrogen and oxygen atoms in total. The lowest BCUT2D eigenvalue weighted by molar-refractivity contribution is 1.60.